The molecule has 1 aromatic heterocycles. The van der Waals surface area contributed by atoms with Gasteiger partial charge in [-0.1, -0.05) is 29.8 Å². The molecule has 6 heteroatoms. The zero-order valence-electron chi connectivity index (χ0n) is 12.7. The van der Waals surface area contributed by atoms with Crippen LogP contribution in [0.25, 0.3) is 10.6 Å². The highest BCUT2D eigenvalue weighted by molar-refractivity contribution is 7.13. The van der Waals surface area contributed by atoms with Crippen LogP contribution in [0.3, 0.4) is 0 Å². The van der Waals surface area contributed by atoms with Gasteiger partial charge in [-0.2, -0.15) is 0 Å². The predicted molar refractivity (Wildman–Crippen MR) is 86.9 cm³/mol. The number of aryl methyl sites for hydroxylation is 1. The van der Waals surface area contributed by atoms with E-state index in [0.717, 1.165) is 16.3 Å². The van der Waals surface area contributed by atoms with Crippen molar-refractivity contribution in [1.82, 2.24) is 10.3 Å². The van der Waals surface area contributed by atoms with Gasteiger partial charge in [-0.3, -0.25) is 4.79 Å². The standard InChI is InChI=1S/C16H20N2O3S/c1-11-3-5-12(6-4-11)16-18-13(10-22-16)7-15(20)17-8-14(19)9-21-2/h3-6,10,14,19H,7-9H2,1-2H3,(H,17,20). The molecule has 0 saturated heterocycles. The smallest absolute Gasteiger partial charge is 0.226 e. The number of hydrogen-bond donors (Lipinski definition) is 2. The summed E-state index contributed by atoms with van der Waals surface area (Å²) in [6, 6.07) is 8.14. The second-order valence-corrected chi connectivity index (χ2v) is 5.96. The monoisotopic (exact) mass is 320 g/mol. The van der Waals surface area contributed by atoms with Gasteiger partial charge in [0, 0.05) is 24.6 Å². The first-order valence-corrected chi connectivity index (χ1v) is 7.91. The van der Waals surface area contributed by atoms with Gasteiger partial charge >= 0.3 is 0 Å². The first-order valence-electron chi connectivity index (χ1n) is 7.03. The first-order chi connectivity index (χ1) is 10.6. The van der Waals surface area contributed by atoms with Gasteiger partial charge in [-0.25, -0.2) is 4.98 Å². The van der Waals surface area contributed by atoms with Crippen LogP contribution in [0.2, 0.25) is 0 Å². The summed E-state index contributed by atoms with van der Waals surface area (Å²) < 4.78 is 4.80. The molecule has 2 N–H and O–H groups in total. The Morgan fingerprint density at radius 1 is 1.41 bits per heavy atom. The third-order valence-electron chi connectivity index (χ3n) is 3.09. The fraction of sp³-hybridized carbons (Fsp3) is 0.375. The highest BCUT2D eigenvalue weighted by Gasteiger charge is 2.10. The minimum Gasteiger partial charge on any atom is -0.389 e. The van der Waals surface area contributed by atoms with Crippen LogP contribution in [0, 0.1) is 6.92 Å². The average molecular weight is 320 g/mol. The molecule has 2 aromatic rings. The molecule has 1 atom stereocenters. The van der Waals surface area contributed by atoms with Crippen molar-refractivity contribution in [2.24, 2.45) is 0 Å². The number of aliphatic hydroxyl groups is 1. The quantitative estimate of drug-likeness (QED) is 0.816. The van der Waals surface area contributed by atoms with Crippen LogP contribution in [0.1, 0.15) is 11.3 Å². The van der Waals surface area contributed by atoms with Gasteiger partial charge in [-0.15, -0.1) is 11.3 Å². The van der Waals surface area contributed by atoms with Crippen molar-refractivity contribution >= 4 is 17.2 Å². The van der Waals surface area contributed by atoms with E-state index in [1.165, 1.54) is 24.0 Å². The van der Waals surface area contributed by atoms with Crippen LogP contribution in [0.15, 0.2) is 29.6 Å². The summed E-state index contributed by atoms with van der Waals surface area (Å²) in [7, 11) is 1.51. The average Bonchev–Trinajstić information content (AvgIpc) is 2.95. The predicted octanol–water partition coefficient (Wildman–Crippen LogP) is 1.78. The van der Waals surface area contributed by atoms with Crippen LogP contribution >= 0.6 is 11.3 Å². The third-order valence-corrected chi connectivity index (χ3v) is 4.03. The second-order valence-electron chi connectivity index (χ2n) is 5.10. The number of ether oxygens (including phenoxy) is 1. The fourth-order valence-electron chi connectivity index (χ4n) is 1.93. The number of nitrogens with one attached hydrogen (secondary N) is 1. The molecule has 118 valence electrons. The lowest BCUT2D eigenvalue weighted by atomic mass is 10.2. The zero-order valence-corrected chi connectivity index (χ0v) is 13.5. The van der Waals surface area contributed by atoms with Gasteiger partial charge in [0.25, 0.3) is 0 Å². The Labute approximate surface area is 134 Å². The molecule has 1 heterocycles. The van der Waals surface area contributed by atoms with E-state index in [0.29, 0.717) is 0 Å². The number of nitrogens with zero attached hydrogens (tertiary/aromatic N) is 1. The highest BCUT2D eigenvalue weighted by Crippen LogP contribution is 2.24. The minimum absolute atomic E-state index is 0.157. The molecule has 0 bridgehead atoms. The number of thiazole rings is 1. The lowest BCUT2D eigenvalue weighted by molar-refractivity contribution is -0.121. The van der Waals surface area contributed by atoms with Gasteiger partial charge in [-0.05, 0) is 6.92 Å². The summed E-state index contributed by atoms with van der Waals surface area (Å²) in [6.45, 7) is 2.43. The molecule has 2 rings (SSSR count). The zero-order chi connectivity index (χ0) is 15.9. The third kappa shape index (κ3) is 4.91. The number of aliphatic hydroxyl groups excluding tert-OH is 1. The summed E-state index contributed by atoms with van der Waals surface area (Å²) in [5, 5.41) is 14.9. The molecule has 1 aromatic carbocycles. The van der Waals surface area contributed by atoms with Crippen molar-refractivity contribution in [3.8, 4) is 10.6 Å². The number of carbonyl (C=O) groups is 1. The molecule has 1 unspecified atom stereocenters. The number of aromatic nitrogens is 1. The van der Waals surface area contributed by atoms with E-state index in [1.54, 1.807) is 0 Å². The van der Waals surface area contributed by atoms with E-state index >= 15 is 0 Å². The molecule has 5 nitrogen and oxygen atoms in total. The van der Waals surface area contributed by atoms with E-state index in [1.807, 2.05) is 36.6 Å². The largest absolute Gasteiger partial charge is 0.389 e. The molecule has 0 aliphatic heterocycles. The summed E-state index contributed by atoms with van der Waals surface area (Å²) in [4.78, 5) is 16.3. The molecular formula is C16H20N2O3S. The fourth-order valence-corrected chi connectivity index (χ4v) is 2.75. The molecule has 0 radical (unpaired) electrons. The molecule has 0 saturated carbocycles. The normalized spacial score (nSPS) is 12.1. The molecule has 22 heavy (non-hydrogen) atoms. The molecule has 0 spiro atoms. The minimum atomic E-state index is -0.687. The lowest BCUT2D eigenvalue weighted by Gasteiger charge is -2.10. The van der Waals surface area contributed by atoms with Gasteiger partial charge < -0.3 is 15.2 Å². The number of benzene rings is 1. The number of carbonyl (C=O) groups excluding carboxylic acids is 1. The SMILES string of the molecule is COCC(O)CNC(=O)Cc1csc(-c2ccc(C)cc2)n1. The maximum atomic E-state index is 11.8. The summed E-state index contributed by atoms with van der Waals surface area (Å²) >= 11 is 1.52. The van der Waals surface area contributed by atoms with Crippen LogP contribution in [-0.4, -0.2) is 42.4 Å². The van der Waals surface area contributed by atoms with Crippen LogP contribution in [0.5, 0.6) is 0 Å². The van der Waals surface area contributed by atoms with Crippen molar-refractivity contribution in [2.45, 2.75) is 19.4 Å². The summed E-state index contributed by atoms with van der Waals surface area (Å²) in [5.74, 6) is -0.157. The van der Waals surface area contributed by atoms with Gasteiger partial charge in [0.15, 0.2) is 0 Å². The molecule has 0 fully saturated rings. The van der Waals surface area contributed by atoms with E-state index in [-0.39, 0.29) is 25.5 Å². The van der Waals surface area contributed by atoms with Gasteiger partial charge in [0.2, 0.25) is 5.91 Å². The summed E-state index contributed by atoms with van der Waals surface area (Å²) in [6.07, 6.45) is -0.477. The maximum absolute atomic E-state index is 11.8. The maximum Gasteiger partial charge on any atom is 0.226 e. The Balaban J connectivity index is 1.89. The first kappa shape index (κ1) is 16.6. The topological polar surface area (TPSA) is 71.5 Å². The van der Waals surface area contributed by atoms with Crippen molar-refractivity contribution in [3.05, 3.63) is 40.9 Å². The van der Waals surface area contributed by atoms with E-state index in [4.69, 9.17) is 4.74 Å². The summed E-state index contributed by atoms with van der Waals surface area (Å²) in [5.41, 5.74) is 2.99. The Bertz CT molecular complexity index is 610. The van der Waals surface area contributed by atoms with E-state index in [2.05, 4.69) is 10.3 Å². The number of methoxy groups -OCH3 is 1. The molecule has 0 aliphatic carbocycles. The van der Waals surface area contributed by atoms with Crippen LogP contribution in [0.4, 0.5) is 0 Å². The van der Waals surface area contributed by atoms with Gasteiger partial charge in [0.1, 0.15) is 5.01 Å². The van der Waals surface area contributed by atoms with E-state index < -0.39 is 6.10 Å². The molecular weight excluding hydrogens is 300 g/mol. The number of hydrogen-bond acceptors (Lipinski definition) is 5. The van der Waals surface area contributed by atoms with Crippen molar-refractivity contribution in [3.63, 3.8) is 0 Å². The Morgan fingerprint density at radius 3 is 2.82 bits per heavy atom. The number of amides is 1. The van der Waals surface area contributed by atoms with Crippen molar-refractivity contribution in [2.75, 3.05) is 20.3 Å². The van der Waals surface area contributed by atoms with Crippen molar-refractivity contribution < 1.29 is 14.6 Å². The Morgan fingerprint density at radius 2 is 2.14 bits per heavy atom. The Hall–Kier alpha value is -1.76. The Kier molecular flexibility index (Phi) is 6.06. The van der Waals surface area contributed by atoms with Crippen LogP contribution < -0.4 is 5.32 Å². The molecule has 1 amide bonds. The second kappa shape index (κ2) is 8.03. The highest BCUT2D eigenvalue weighted by atomic mass is 32.1. The van der Waals surface area contributed by atoms with Crippen LogP contribution in [-0.2, 0) is 16.0 Å². The number of rotatable bonds is 7. The van der Waals surface area contributed by atoms with Crippen molar-refractivity contribution in [1.29, 1.82) is 0 Å². The van der Waals surface area contributed by atoms with E-state index in [9.17, 15) is 9.90 Å². The van der Waals surface area contributed by atoms with Gasteiger partial charge in [0.05, 0.1) is 24.8 Å². The lowest BCUT2D eigenvalue weighted by Crippen LogP contribution is -2.35. The molecule has 0 aliphatic rings.